The highest BCUT2D eigenvalue weighted by Gasteiger charge is 2.03. The Morgan fingerprint density at radius 1 is 1.29 bits per heavy atom. The number of benzene rings is 1. The summed E-state index contributed by atoms with van der Waals surface area (Å²) in [6, 6.07) is 5.10. The molecule has 0 saturated carbocycles. The second-order valence-corrected chi connectivity index (χ2v) is 5.77. The van der Waals surface area contributed by atoms with Crippen molar-refractivity contribution < 1.29 is 9.50 Å². The third kappa shape index (κ3) is 6.99. The van der Waals surface area contributed by atoms with E-state index in [0.717, 1.165) is 36.7 Å². The molecule has 1 N–H and O–H groups in total. The molecule has 1 aromatic rings. The molecule has 4 heteroatoms. The molecule has 2 nitrogen and oxygen atoms in total. The van der Waals surface area contributed by atoms with Crippen LogP contribution in [0, 0.1) is 17.7 Å². The molecular weight excluding hydrogens is 285 g/mol. The number of rotatable bonds is 8. The zero-order valence-corrected chi connectivity index (χ0v) is 13.7. The third-order valence-corrected chi connectivity index (χ3v) is 4.21. The summed E-state index contributed by atoms with van der Waals surface area (Å²) in [4.78, 5) is 2.39. The van der Waals surface area contributed by atoms with Crippen molar-refractivity contribution in [3.05, 3.63) is 35.1 Å². The molecule has 0 aliphatic carbocycles. The molecule has 0 unspecified atom stereocenters. The van der Waals surface area contributed by atoms with Gasteiger partial charge in [0.1, 0.15) is 5.82 Å². The molecule has 1 aromatic carbocycles. The minimum atomic E-state index is -0.294. The van der Waals surface area contributed by atoms with Crippen LogP contribution in [0.25, 0.3) is 0 Å². The number of aliphatic hydroxyl groups excluding tert-OH is 1. The summed E-state index contributed by atoms with van der Waals surface area (Å²) in [5, 5.41) is 8.69. The molecule has 0 amide bonds. The summed E-state index contributed by atoms with van der Waals surface area (Å²) < 4.78 is 13.6. The molecule has 0 bridgehead atoms. The van der Waals surface area contributed by atoms with E-state index in [0.29, 0.717) is 12.0 Å². The van der Waals surface area contributed by atoms with Gasteiger partial charge in [0.15, 0.2) is 0 Å². The number of nitrogens with zero attached hydrogens (tertiary/aromatic N) is 1. The molecule has 0 heterocycles. The van der Waals surface area contributed by atoms with Crippen molar-refractivity contribution >= 4 is 11.8 Å². The molecule has 0 aromatic heterocycles. The molecule has 21 heavy (non-hydrogen) atoms. The van der Waals surface area contributed by atoms with Crippen LogP contribution in [-0.4, -0.2) is 42.0 Å². The van der Waals surface area contributed by atoms with Gasteiger partial charge < -0.3 is 10.0 Å². The fourth-order valence-electron chi connectivity index (χ4n) is 1.90. The quantitative estimate of drug-likeness (QED) is 0.589. The van der Waals surface area contributed by atoms with E-state index in [2.05, 4.69) is 30.6 Å². The minimum Gasteiger partial charge on any atom is -0.395 e. The zero-order valence-electron chi connectivity index (χ0n) is 12.9. The summed E-state index contributed by atoms with van der Waals surface area (Å²) in [7, 11) is 0. The number of hydrogen-bond donors (Lipinski definition) is 1. The second kappa shape index (κ2) is 10.7. The predicted octanol–water partition coefficient (Wildman–Crippen LogP) is 3.13. The average Bonchev–Trinajstić information content (AvgIpc) is 2.50. The van der Waals surface area contributed by atoms with Crippen LogP contribution in [0.5, 0.6) is 0 Å². The van der Waals surface area contributed by atoms with Crippen molar-refractivity contribution in [2.45, 2.75) is 26.0 Å². The maximum Gasteiger partial charge on any atom is 0.138 e. The molecule has 0 radical (unpaired) electrons. The van der Waals surface area contributed by atoms with Gasteiger partial charge in [0.2, 0.25) is 0 Å². The molecule has 116 valence electrons. The maximum atomic E-state index is 13.6. The Hall–Kier alpha value is -1.02. The van der Waals surface area contributed by atoms with Gasteiger partial charge in [-0.15, -0.1) is 0 Å². The van der Waals surface area contributed by atoms with Gasteiger partial charge in [0.05, 0.1) is 12.2 Å². The van der Waals surface area contributed by atoms with Crippen LogP contribution in [0.4, 0.5) is 4.39 Å². The first-order valence-corrected chi connectivity index (χ1v) is 8.55. The zero-order chi connectivity index (χ0) is 15.5. The highest BCUT2D eigenvalue weighted by molar-refractivity contribution is 7.98. The number of thioether (sulfide) groups is 1. The van der Waals surface area contributed by atoms with Gasteiger partial charge in [0.25, 0.3) is 0 Å². The highest BCUT2D eigenvalue weighted by Crippen LogP contribution is 2.16. The van der Waals surface area contributed by atoms with E-state index >= 15 is 0 Å². The van der Waals surface area contributed by atoms with Gasteiger partial charge in [-0.1, -0.05) is 31.8 Å². The maximum absolute atomic E-state index is 13.6. The van der Waals surface area contributed by atoms with E-state index in [-0.39, 0.29) is 12.4 Å². The van der Waals surface area contributed by atoms with Crippen LogP contribution in [0.3, 0.4) is 0 Å². The van der Waals surface area contributed by atoms with Gasteiger partial charge in [-0.2, -0.15) is 11.8 Å². The van der Waals surface area contributed by atoms with Gasteiger partial charge >= 0.3 is 0 Å². The second-order valence-electron chi connectivity index (χ2n) is 4.67. The first-order chi connectivity index (χ1) is 10.2. The molecule has 0 spiro atoms. The lowest BCUT2D eigenvalue weighted by Gasteiger charge is -2.17. The van der Waals surface area contributed by atoms with Gasteiger partial charge in [-0.05, 0) is 30.8 Å². The fourth-order valence-corrected chi connectivity index (χ4v) is 2.84. The van der Waals surface area contributed by atoms with Crippen molar-refractivity contribution in [2.75, 3.05) is 32.0 Å². The molecule has 0 aliphatic heterocycles. The Labute approximate surface area is 131 Å². The first kappa shape index (κ1) is 18.0. The Morgan fingerprint density at radius 3 is 2.71 bits per heavy atom. The molecule has 0 atom stereocenters. The van der Waals surface area contributed by atoms with Crippen LogP contribution in [0.1, 0.15) is 31.4 Å². The fraction of sp³-hybridized carbons (Fsp3) is 0.529. The molecular formula is C17H24FNOS. The van der Waals surface area contributed by atoms with Crippen LogP contribution < -0.4 is 0 Å². The molecule has 0 saturated heterocycles. The highest BCUT2D eigenvalue weighted by atomic mass is 32.2. The van der Waals surface area contributed by atoms with Crippen molar-refractivity contribution in [2.24, 2.45) is 0 Å². The van der Waals surface area contributed by atoms with E-state index in [1.54, 1.807) is 0 Å². The third-order valence-electron chi connectivity index (χ3n) is 3.21. The first-order valence-electron chi connectivity index (χ1n) is 7.39. The van der Waals surface area contributed by atoms with Crippen LogP contribution in [0.15, 0.2) is 18.2 Å². The van der Waals surface area contributed by atoms with Crippen molar-refractivity contribution in [1.29, 1.82) is 0 Å². The smallest absolute Gasteiger partial charge is 0.138 e. The monoisotopic (exact) mass is 309 g/mol. The lowest BCUT2D eigenvalue weighted by atomic mass is 10.1. The average molecular weight is 309 g/mol. The largest absolute Gasteiger partial charge is 0.395 e. The topological polar surface area (TPSA) is 23.5 Å². The van der Waals surface area contributed by atoms with Crippen molar-refractivity contribution in [3.63, 3.8) is 0 Å². The number of aliphatic hydroxyl groups is 1. The SMILES string of the molecule is CCN(CC)CCSCc1ccc(F)c(C#CCCO)c1. The standard InChI is InChI=1S/C17H24FNOS/c1-3-19(4-2)10-12-21-14-15-8-9-17(18)16(13-15)7-5-6-11-20/h8-9,13,20H,3-4,6,10-12,14H2,1-2H3. The minimum absolute atomic E-state index is 0.00944. The summed E-state index contributed by atoms with van der Waals surface area (Å²) in [5.74, 6) is 7.19. The number of hydrogen-bond acceptors (Lipinski definition) is 3. The van der Waals surface area contributed by atoms with E-state index in [9.17, 15) is 4.39 Å². The Balaban J connectivity index is 2.49. The lowest BCUT2D eigenvalue weighted by Crippen LogP contribution is -2.25. The summed E-state index contributed by atoms with van der Waals surface area (Å²) in [6.07, 6.45) is 0.377. The van der Waals surface area contributed by atoms with Crippen LogP contribution in [-0.2, 0) is 5.75 Å². The molecule has 0 aliphatic rings. The molecule has 0 fully saturated rings. The van der Waals surface area contributed by atoms with E-state index in [4.69, 9.17) is 5.11 Å². The van der Waals surface area contributed by atoms with E-state index in [1.807, 2.05) is 23.9 Å². The lowest BCUT2D eigenvalue weighted by molar-refractivity contribution is 0.305. The Bertz CT molecular complexity index is 477. The van der Waals surface area contributed by atoms with Gasteiger partial charge in [-0.25, -0.2) is 4.39 Å². The van der Waals surface area contributed by atoms with E-state index < -0.39 is 0 Å². The summed E-state index contributed by atoms with van der Waals surface area (Å²) in [6.45, 7) is 7.60. The van der Waals surface area contributed by atoms with Crippen molar-refractivity contribution in [3.8, 4) is 11.8 Å². The van der Waals surface area contributed by atoms with Gasteiger partial charge in [-0.3, -0.25) is 0 Å². The Morgan fingerprint density at radius 2 is 2.05 bits per heavy atom. The number of halogens is 1. The van der Waals surface area contributed by atoms with Crippen LogP contribution >= 0.6 is 11.8 Å². The molecule has 1 rings (SSSR count). The normalized spacial score (nSPS) is 10.5. The predicted molar refractivity (Wildman–Crippen MR) is 88.9 cm³/mol. The van der Waals surface area contributed by atoms with Gasteiger partial charge in [0, 0.05) is 24.5 Å². The summed E-state index contributed by atoms with van der Waals surface area (Å²) >= 11 is 1.86. The summed E-state index contributed by atoms with van der Waals surface area (Å²) in [5.41, 5.74) is 1.51. The van der Waals surface area contributed by atoms with E-state index in [1.165, 1.54) is 6.07 Å². The van der Waals surface area contributed by atoms with Crippen molar-refractivity contribution in [1.82, 2.24) is 4.90 Å². The Kier molecular flexibility index (Phi) is 9.16. The van der Waals surface area contributed by atoms with Crippen LogP contribution in [0.2, 0.25) is 0 Å².